The van der Waals surface area contributed by atoms with Crippen molar-refractivity contribution in [1.82, 2.24) is 4.90 Å². The van der Waals surface area contributed by atoms with E-state index in [-0.39, 0.29) is 22.6 Å². The normalized spacial score (nSPS) is 16.4. The number of carbonyl (C=O) groups is 3. The van der Waals surface area contributed by atoms with E-state index >= 15 is 0 Å². The van der Waals surface area contributed by atoms with Crippen LogP contribution in [0.2, 0.25) is 0 Å². The van der Waals surface area contributed by atoms with Gasteiger partial charge in [-0.05, 0) is 30.7 Å². The van der Waals surface area contributed by atoms with E-state index in [9.17, 15) is 14.4 Å². The summed E-state index contributed by atoms with van der Waals surface area (Å²) in [4.78, 5) is 36.3. The number of aromatic carboxylic acids is 1. The Morgan fingerprint density at radius 1 is 1.23 bits per heavy atom. The molecule has 0 atom stereocenters. The number of carboxylic acids is 1. The Morgan fingerprint density at radius 2 is 1.82 bits per heavy atom. The van der Waals surface area contributed by atoms with Gasteiger partial charge in [-0.2, -0.15) is 0 Å². The first kappa shape index (κ1) is 15.5. The standard InChI is InChI=1S/C16H15NO5/c1-9-13(16(21)22-3)12(14(18)17(9)2)8-10-4-6-11(7-5-10)15(19)20/h4-8H,1-3H3,(H,19,20). The Morgan fingerprint density at radius 3 is 2.32 bits per heavy atom. The summed E-state index contributed by atoms with van der Waals surface area (Å²) in [7, 11) is 2.83. The molecule has 1 N–H and O–H groups in total. The van der Waals surface area contributed by atoms with Crippen molar-refractivity contribution < 1.29 is 24.2 Å². The van der Waals surface area contributed by atoms with Crippen LogP contribution in [0.5, 0.6) is 0 Å². The topological polar surface area (TPSA) is 83.9 Å². The summed E-state index contributed by atoms with van der Waals surface area (Å²) in [6, 6.07) is 6.02. The number of rotatable bonds is 3. The van der Waals surface area contributed by atoms with Gasteiger partial charge < -0.3 is 14.7 Å². The summed E-state index contributed by atoms with van der Waals surface area (Å²) in [6.07, 6.45) is 1.55. The van der Waals surface area contributed by atoms with Crippen LogP contribution in [0.4, 0.5) is 0 Å². The van der Waals surface area contributed by atoms with Crippen molar-refractivity contribution in [3.8, 4) is 0 Å². The maximum absolute atomic E-state index is 12.2. The Kier molecular flexibility index (Phi) is 4.12. The average Bonchev–Trinajstić information content (AvgIpc) is 2.71. The van der Waals surface area contributed by atoms with E-state index < -0.39 is 11.9 Å². The number of allylic oxidation sites excluding steroid dienone is 1. The largest absolute Gasteiger partial charge is 0.478 e. The third kappa shape index (κ3) is 2.63. The van der Waals surface area contributed by atoms with Gasteiger partial charge in [0.05, 0.1) is 23.8 Å². The first-order valence-electron chi connectivity index (χ1n) is 6.49. The monoisotopic (exact) mass is 301 g/mol. The molecule has 1 aliphatic rings. The molecule has 1 aromatic rings. The molecule has 1 aliphatic heterocycles. The van der Waals surface area contributed by atoms with Crippen molar-refractivity contribution in [3.05, 3.63) is 52.2 Å². The van der Waals surface area contributed by atoms with Crippen LogP contribution >= 0.6 is 0 Å². The molecule has 0 unspecified atom stereocenters. The first-order valence-corrected chi connectivity index (χ1v) is 6.49. The minimum Gasteiger partial charge on any atom is -0.478 e. The zero-order valence-corrected chi connectivity index (χ0v) is 12.4. The minimum atomic E-state index is -1.03. The van der Waals surface area contributed by atoms with Gasteiger partial charge in [0, 0.05) is 12.7 Å². The highest BCUT2D eigenvalue weighted by Crippen LogP contribution is 2.30. The highest BCUT2D eigenvalue weighted by atomic mass is 16.5. The second-order valence-corrected chi connectivity index (χ2v) is 4.80. The summed E-state index contributed by atoms with van der Waals surface area (Å²) in [5.74, 6) is -1.91. The maximum atomic E-state index is 12.2. The molecular weight excluding hydrogens is 286 g/mol. The summed E-state index contributed by atoms with van der Waals surface area (Å²) in [5.41, 5.74) is 1.74. The number of hydrogen-bond donors (Lipinski definition) is 1. The van der Waals surface area contributed by atoms with Crippen LogP contribution in [-0.2, 0) is 14.3 Å². The molecule has 0 aliphatic carbocycles. The van der Waals surface area contributed by atoms with Crippen LogP contribution in [-0.4, -0.2) is 42.0 Å². The van der Waals surface area contributed by atoms with Crippen molar-refractivity contribution in [2.45, 2.75) is 6.92 Å². The van der Waals surface area contributed by atoms with Gasteiger partial charge in [0.2, 0.25) is 0 Å². The maximum Gasteiger partial charge on any atom is 0.340 e. The average molecular weight is 301 g/mol. The molecule has 0 aromatic heterocycles. The zero-order chi connectivity index (χ0) is 16.4. The molecular formula is C16H15NO5. The van der Waals surface area contributed by atoms with E-state index in [1.54, 1.807) is 32.2 Å². The molecule has 0 saturated heterocycles. The molecule has 1 aromatic carbocycles. The van der Waals surface area contributed by atoms with E-state index in [1.165, 1.54) is 24.1 Å². The number of amides is 1. The van der Waals surface area contributed by atoms with Crippen molar-refractivity contribution in [2.75, 3.05) is 14.2 Å². The van der Waals surface area contributed by atoms with Gasteiger partial charge in [-0.3, -0.25) is 4.79 Å². The third-order valence-electron chi connectivity index (χ3n) is 3.53. The number of hydrogen-bond acceptors (Lipinski definition) is 4. The van der Waals surface area contributed by atoms with Gasteiger partial charge in [-0.25, -0.2) is 9.59 Å². The smallest absolute Gasteiger partial charge is 0.340 e. The molecule has 114 valence electrons. The summed E-state index contributed by atoms with van der Waals surface area (Å²) in [5, 5.41) is 8.87. The van der Waals surface area contributed by atoms with Gasteiger partial charge in [0.1, 0.15) is 0 Å². The van der Waals surface area contributed by atoms with Crippen LogP contribution < -0.4 is 0 Å². The number of nitrogens with zero attached hydrogens (tertiary/aromatic N) is 1. The van der Waals surface area contributed by atoms with Gasteiger partial charge in [0.25, 0.3) is 5.91 Å². The number of carboxylic acid groups (broad SMARTS) is 1. The van der Waals surface area contributed by atoms with Crippen molar-refractivity contribution in [2.24, 2.45) is 0 Å². The van der Waals surface area contributed by atoms with Gasteiger partial charge in [-0.1, -0.05) is 12.1 Å². The highest BCUT2D eigenvalue weighted by molar-refractivity contribution is 6.16. The van der Waals surface area contributed by atoms with Crippen LogP contribution in [0.1, 0.15) is 22.8 Å². The predicted octanol–water partition coefficient (Wildman–Crippen LogP) is 1.69. The van der Waals surface area contributed by atoms with E-state index in [2.05, 4.69) is 0 Å². The Hall–Kier alpha value is -2.89. The molecule has 22 heavy (non-hydrogen) atoms. The van der Waals surface area contributed by atoms with Gasteiger partial charge in [-0.15, -0.1) is 0 Å². The molecule has 0 spiro atoms. The van der Waals surface area contributed by atoms with E-state index in [0.717, 1.165) is 0 Å². The van der Waals surface area contributed by atoms with Crippen LogP contribution in [0.25, 0.3) is 6.08 Å². The molecule has 1 heterocycles. The van der Waals surface area contributed by atoms with Crippen molar-refractivity contribution in [3.63, 3.8) is 0 Å². The molecule has 2 rings (SSSR count). The quantitative estimate of drug-likeness (QED) is 0.678. The number of methoxy groups -OCH3 is 1. The second kappa shape index (κ2) is 5.85. The van der Waals surface area contributed by atoms with E-state index in [4.69, 9.17) is 9.84 Å². The van der Waals surface area contributed by atoms with Crippen molar-refractivity contribution >= 4 is 23.9 Å². The van der Waals surface area contributed by atoms with E-state index in [1.807, 2.05) is 0 Å². The lowest BCUT2D eigenvalue weighted by Gasteiger charge is -2.08. The van der Waals surface area contributed by atoms with Gasteiger partial charge in [0.15, 0.2) is 0 Å². The molecule has 0 radical (unpaired) electrons. The Balaban J connectivity index is 2.46. The third-order valence-corrected chi connectivity index (χ3v) is 3.53. The minimum absolute atomic E-state index is 0.150. The summed E-state index contributed by atoms with van der Waals surface area (Å²) in [6.45, 7) is 1.67. The second-order valence-electron chi connectivity index (χ2n) is 4.80. The van der Waals surface area contributed by atoms with Gasteiger partial charge >= 0.3 is 11.9 Å². The highest BCUT2D eigenvalue weighted by Gasteiger charge is 2.34. The molecule has 6 heteroatoms. The molecule has 1 amide bonds. The lowest BCUT2D eigenvalue weighted by Crippen LogP contribution is -2.19. The predicted molar refractivity (Wildman–Crippen MR) is 78.9 cm³/mol. The molecule has 0 fully saturated rings. The lowest BCUT2D eigenvalue weighted by atomic mass is 10.0. The van der Waals surface area contributed by atoms with Crippen molar-refractivity contribution in [1.29, 1.82) is 0 Å². The fourth-order valence-corrected chi connectivity index (χ4v) is 2.18. The fourth-order valence-electron chi connectivity index (χ4n) is 2.18. The number of esters is 1. The molecule has 0 bridgehead atoms. The van der Waals surface area contributed by atoms with Crippen LogP contribution in [0, 0.1) is 0 Å². The molecule has 0 saturated carbocycles. The van der Waals surface area contributed by atoms with Crippen LogP contribution in [0.15, 0.2) is 41.1 Å². The number of carbonyl (C=O) groups excluding carboxylic acids is 2. The SMILES string of the molecule is COC(=O)C1=C(C)N(C)C(=O)C1=Cc1ccc(C(=O)O)cc1. The summed E-state index contributed by atoms with van der Waals surface area (Å²) < 4.78 is 4.73. The number of ether oxygens (including phenoxy) is 1. The number of likely N-dealkylation sites (N-methyl/N-ethyl adjacent to an activating group) is 1. The number of benzene rings is 1. The lowest BCUT2D eigenvalue weighted by molar-refractivity contribution is -0.136. The Labute approximate surface area is 127 Å². The van der Waals surface area contributed by atoms with Crippen LogP contribution in [0.3, 0.4) is 0 Å². The van der Waals surface area contributed by atoms with E-state index in [0.29, 0.717) is 11.3 Å². The molecule has 6 nitrogen and oxygen atoms in total. The fraction of sp³-hybridized carbons (Fsp3) is 0.188. The Bertz CT molecular complexity index is 713. The zero-order valence-electron chi connectivity index (χ0n) is 12.4. The first-order chi connectivity index (χ1) is 10.4. The summed E-state index contributed by atoms with van der Waals surface area (Å²) >= 11 is 0.